The van der Waals surface area contributed by atoms with Gasteiger partial charge in [0.25, 0.3) is 0 Å². The molecule has 0 saturated heterocycles. The number of benzene rings is 1. The summed E-state index contributed by atoms with van der Waals surface area (Å²) >= 11 is 9.14. The number of halogens is 2. The number of nitrogens with two attached hydrogens (primary N) is 1. The van der Waals surface area contributed by atoms with Crippen LogP contribution in [0.4, 0.5) is 0 Å². The van der Waals surface area contributed by atoms with Crippen molar-refractivity contribution in [3.63, 3.8) is 0 Å². The van der Waals surface area contributed by atoms with Crippen LogP contribution in [0, 0.1) is 0 Å². The van der Waals surface area contributed by atoms with Gasteiger partial charge in [-0.1, -0.05) is 27.5 Å². The molecular formula is C11H15BrClNO4S. The minimum atomic E-state index is -3.90. The fourth-order valence-electron chi connectivity index (χ4n) is 1.37. The predicted molar refractivity (Wildman–Crippen MR) is 77.1 cm³/mol. The molecule has 8 heteroatoms. The molecule has 1 rings (SSSR count). The van der Waals surface area contributed by atoms with Gasteiger partial charge in [0.2, 0.25) is 10.0 Å². The Hall–Kier alpha value is -0.340. The normalized spacial score (nSPS) is 11.6. The van der Waals surface area contributed by atoms with Crippen LogP contribution in [0.5, 0.6) is 5.75 Å². The predicted octanol–water partition coefficient (Wildman–Crippen LogP) is 2.56. The molecule has 0 aliphatic heterocycles. The summed E-state index contributed by atoms with van der Waals surface area (Å²) in [7, 11) is -3.90. The molecule has 19 heavy (non-hydrogen) atoms. The van der Waals surface area contributed by atoms with Gasteiger partial charge in [0.05, 0.1) is 11.6 Å². The zero-order valence-electron chi connectivity index (χ0n) is 10.4. The first-order valence-electron chi connectivity index (χ1n) is 5.58. The SMILES string of the molecule is CCOCCCOc1c(Cl)cc(Br)cc1S(N)(=O)=O. The second kappa shape index (κ2) is 7.44. The largest absolute Gasteiger partial charge is 0.491 e. The standard InChI is InChI=1S/C11H15BrClNO4S/c1-2-17-4-3-5-18-11-9(13)6-8(12)7-10(11)19(14,15)16/h6-7H,2-5H2,1H3,(H2,14,15,16). The molecular weight excluding hydrogens is 358 g/mol. The molecule has 0 bridgehead atoms. The molecule has 0 saturated carbocycles. The van der Waals surface area contributed by atoms with Crippen LogP contribution in [0.3, 0.4) is 0 Å². The van der Waals surface area contributed by atoms with Gasteiger partial charge in [0.15, 0.2) is 5.75 Å². The van der Waals surface area contributed by atoms with Gasteiger partial charge in [-0.15, -0.1) is 0 Å². The van der Waals surface area contributed by atoms with E-state index in [9.17, 15) is 8.42 Å². The second-order valence-electron chi connectivity index (χ2n) is 3.66. The zero-order chi connectivity index (χ0) is 14.5. The molecule has 0 heterocycles. The molecule has 0 aliphatic carbocycles. The van der Waals surface area contributed by atoms with E-state index < -0.39 is 10.0 Å². The Bertz CT molecular complexity index is 536. The van der Waals surface area contributed by atoms with E-state index in [4.69, 9.17) is 26.2 Å². The molecule has 5 nitrogen and oxygen atoms in total. The van der Waals surface area contributed by atoms with E-state index in [0.29, 0.717) is 30.7 Å². The summed E-state index contributed by atoms with van der Waals surface area (Å²) in [5, 5.41) is 5.32. The summed E-state index contributed by atoms with van der Waals surface area (Å²) in [6, 6.07) is 2.91. The Morgan fingerprint density at radius 2 is 2.05 bits per heavy atom. The quantitative estimate of drug-likeness (QED) is 0.746. The van der Waals surface area contributed by atoms with Crippen LogP contribution in [-0.4, -0.2) is 28.2 Å². The summed E-state index contributed by atoms with van der Waals surface area (Å²) < 4.78 is 34.0. The van der Waals surface area contributed by atoms with Crippen LogP contribution < -0.4 is 9.88 Å². The highest BCUT2D eigenvalue weighted by molar-refractivity contribution is 9.10. The number of rotatable bonds is 7. The zero-order valence-corrected chi connectivity index (χ0v) is 13.5. The molecule has 0 fully saturated rings. The van der Waals surface area contributed by atoms with E-state index in [1.807, 2.05) is 6.92 Å². The maximum atomic E-state index is 11.5. The van der Waals surface area contributed by atoms with Crippen LogP contribution in [0.1, 0.15) is 13.3 Å². The lowest BCUT2D eigenvalue weighted by Crippen LogP contribution is -2.15. The number of hydrogen-bond donors (Lipinski definition) is 1. The first-order valence-corrected chi connectivity index (χ1v) is 8.30. The topological polar surface area (TPSA) is 78.6 Å². The van der Waals surface area contributed by atoms with E-state index in [1.165, 1.54) is 6.07 Å². The van der Waals surface area contributed by atoms with Gasteiger partial charge in [-0.05, 0) is 19.1 Å². The van der Waals surface area contributed by atoms with E-state index in [2.05, 4.69) is 15.9 Å². The highest BCUT2D eigenvalue weighted by Crippen LogP contribution is 2.34. The van der Waals surface area contributed by atoms with E-state index in [1.54, 1.807) is 6.07 Å². The van der Waals surface area contributed by atoms with Gasteiger partial charge in [0, 0.05) is 24.1 Å². The molecule has 0 unspecified atom stereocenters. The summed E-state index contributed by atoms with van der Waals surface area (Å²) in [6.45, 7) is 3.35. The molecule has 1 aromatic rings. The van der Waals surface area contributed by atoms with Gasteiger partial charge in [-0.2, -0.15) is 0 Å². The third-order valence-electron chi connectivity index (χ3n) is 2.16. The highest BCUT2D eigenvalue weighted by atomic mass is 79.9. The third kappa shape index (κ3) is 5.27. The lowest BCUT2D eigenvalue weighted by Gasteiger charge is -2.12. The van der Waals surface area contributed by atoms with Crippen LogP contribution in [0.2, 0.25) is 5.02 Å². The summed E-state index contributed by atoms with van der Waals surface area (Å²) in [6.07, 6.45) is 0.629. The third-order valence-corrected chi connectivity index (χ3v) is 3.82. The number of sulfonamides is 1. The van der Waals surface area contributed by atoms with Gasteiger partial charge >= 0.3 is 0 Å². The lowest BCUT2D eigenvalue weighted by atomic mass is 10.3. The fourth-order valence-corrected chi connectivity index (χ4v) is 3.16. The number of primary sulfonamides is 1. The minimum Gasteiger partial charge on any atom is -0.491 e. The molecule has 0 aliphatic rings. The Kier molecular flexibility index (Phi) is 6.55. The molecule has 0 aromatic heterocycles. The second-order valence-corrected chi connectivity index (χ2v) is 6.51. The van der Waals surface area contributed by atoms with Gasteiger partial charge in [0.1, 0.15) is 4.90 Å². The van der Waals surface area contributed by atoms with Gasteiger partial charge in [-0.3, -0.25) is 0 Å². The summed E-state index contributed by atoms with van der Waals surface area (Å²) in [5.74, 6) is 0.0730. The van der Waals surface area contributed by atoms with Crippen molar-refractivity contribution in [2.45, 2.75) is 18.2 Å². The molecule has 0 atom stereocenters. The van der Waals surface area contributed by atoms with Crippen molar-refractivity contribution in [2.75, 3.05) is 19.8 Å². The smallest absolute Gasteiger partial charge is 0.241 e. The van der Waals surface area contributed by atoms with E-state index in [-0.39, 0.29) is 15.7 Å². The van der Waals surface area contributed by atoms with Gasteiger partial charge in [-0.25, -0.2) is 13.6 Å². The van der Waals surface area contributed by atoms with Crippen LogP contribution in [0.25, 0.3) is 0 Å². The maximum Gasteiger partial charge on any atom is 0.241 e. The lowest BCUT2D eigenvalue weighted by molar-refractivity contribution is 0.130. The van der Waals surface area contributed by atoms with E-state index in [0.717, 1.165) is 0 Å². The Labute approximate surface area is 126 Å². The first-order chi connectivity index (χ1) is 8.86. The van der Waals surface area contributed by atoms with Crippen molar-refractivity contribution < 1.29 is 17.9 Å². The minimum absolute atomic E-state index is 0.0730. The van der Waals surface area contributed by atoms with Crippen molar-refractivity contribution >= 4 is 37.6 Å². The molecule has 2 N–H and O–H groups in total. The summed E-state index contributed by atoms with van der Waals surface area (Å²) in [5.41, 5.74) is 0. The maximum absolute atomic E-state index is 11.5. The van der Waals surface area contributed by atoms with Gasteiger partial charge < -0.3 is 9.47 Å². The monoisotopic (exact) mass is 371 g/mol. The van der Waals surface area contributed by atoms with Crippen molar-refractivity contribution in [1.82, 2.24) is 0 Å². The fraction of sp³-hybridized carbons (Fsp3) is 0.455. The molecule has 0 spiro atoms. The van der Waals surface area contributed by atoms with Crippen LogP contribution in [0.15, 0.2) is 21.5 Å². The Morgan fingerprint density at radius 3 is 2.63 bits per heavy atom. The van der Waals surface area contributed by atoms with Crippen molar-refractivity contribution in [3.05, 3.63) is 21.6 Å². The Morgan fingerprint density at radius 1 is 1.37 bits per heavy atom. The highest BCUT2D eigenvalue weighted by Gasteiger charge is 2.19. The summed E-state index contributed by atoms with van der Waals surface area (Å²) in [4.78, 5) is -0.136. The first kappa shape index (κ1) is 16.7. The molecule has 0 amide bonds. The van der Waals surface area contributed by atoms with Crippen LogP contribution in [-0.2, 0) is 14.8 Å². The molecule has 108 valence electrons. The Balaban J connectivity index is 2.87. The average molecular weight is 373 g/mol. The van der Waals surface area contributed by atoms with Crippen molar-refractivity contribution in [1.29, 1.82) is 0 Å². The van der Waals surface area contributed by atoms with Crippen LogP contribution >= 0.6 is 27.5 Å². The average Bonchev–Trinajstić information content (AvgIpc) is 2.29. The van der Waals surface area contributed by atoms with Crippen molar-refractivity contribution in [3.8, 4) is 5.75 Å². The number of ether oxygens (including phenoxy) is 2. The molecule has 1 aromatic carbocycles. The number of hydrogen-bond acceptors (Lipinski definition) is 4. The van der Waals surface area contributed by atoms with E-state index >= 15 is 0 Å². The van der Waals surface area contributed by atoms with Crippen molar-refractivity contribution in [2.24, 2.45) is 5.14 Å². The molecule has 0 radical (unpaired) electrons.